The summed E-state index contributed by atoms with van der Waals surface area (Å²) in [5.74, 6) is 0.886. The zero-order valence-electron chi connectivity index (χ0n) is 15.2. The standard InChI is InChI=1S/C17H32N4OS/c1-6-18-16(19-9-10-21(4)11-12-22-5)20-14-17(2,3)15-8-7-13-23-15/h7-8,13H,6,9-12,14H2,1-5H3,(H2,18,19,20). The van der Waals surface area contributed by atoms with Gasteiger partial charge in [-0.25, -0.2) is 0 Å². The van der Waals surface area contributed by atoms with Crippen molar-refractivity contribution in [1.29, 1.82) is 0 Å². The molecule has 0 fully saturated rings. The average molecular weight is 341 g/mol. The van der Waals surface area contributed by atoms with E-state index in [9.17, 15) is 0 Å². The minimum Gasteiger partial charge on any atom is -0.383 e. The number of ether oxygens (including phenoxy) is 1. The Hall–Kier alpha value is -1.11. The molecule has 0 spiro atoms. The maximum absolute atomic E-state index is 5.09. The first-order valence-corrected chi connectivity index (χ1v) is 9.11. The van der Waals surface area contributed by atoms with Crippen LogP contribution in [0.3, 0.4) is 0 Å². The molecule has 1 rings (SSSR count). The highest BCUT2D eigenvalue weighted by Crippen LogP contribution is 2.27. The fourth-order valence-electron chi connectivity index (χ4n) is 2.08. The van der Waals surface area contributed by atoms with E-state index in [-0.39, 0.29) is 5.41 Å². The summed E-state index contributed by atoms with van der Waals surface area (Å²) in [5, 5.41) is 8.85. The molecule has 0 unspecified atom stereocenters. The largest absolute Gasteiger partial charge is 0.383 e. The third-order valence-electron chi connectivity index (χ3n) is 3.63. The van der Waals surface area contributed by atoms with Gasteiger partial charge in [-0.3, -0.25) is 4.99 Å². The highest BCUT2D eigenvalue weighted by molar-refractivity contribution is 7.10. The van der Waals surface area contributed by atoms with Gasteiger partial charge in [0.05, 0.1) is 13.2 Å². The molecule has 0 atom stereocenters. The smallest absolute Gasteiger partial charge is 0.191 e. The van der Waals surface area contributed by atoms with E-state index in [1.54, 1.807) is 18.4 Å². The normalized spacial score (nSPS) is 12.7. The molecule has 1 aromatic heterocycles. The lowest BCUT2D eigenvalue weighted by Gasteiger charge is -2.22. The van der Waals surface area contributed by atoms with Gasteiger partial charge in [-0.1, -0.05) is 19.9 Å². The Morgan fingerprint density at radius 3 is 2.74 bits per heavy atom. The van der Waals surface area contributed by atoms with Crippen molar-refractivity contribution in [2.75, 3.05) is 53.5 Å². The number of methoxy groups -OCH3 is 1. The minimum atomic E-state index is 0.0613. The summed E-state index contributed by atoms with van der Waals surface area (Å²) in [6.07, 6.45) is 0. The van der Waals surface area contributed by atoms with Gasteiger partial charge in [-0.2, -0.15) is 0 Å². The fourth-order valence-corrected chi connectivity index (χ4v) is 2.93. The number of aliphatic imine (C=N–C) groups is 1. The Labute approximate surface area is 145 Å². The van der Waals surface area contributed by atoms with Crippen LogP contribution in [0.4, 0.5) is 0 Å². The second-order valence-corrected chi connectivity index (χ2v) is 7.23. The molecule has 0 saturated heterocycles. The van der Waals surface area contributed by atoms with Crippen LogP contribution >= 0.6 is 11.3 Å². The Balaban J connectivity index is 2.47. The van der Waals surface area contributed by atoms with Crippen molar-refractivity contribution in [2.24, 2.45) is 4.99 Å². The Bertz CT molecular complexity index is 445. The molecule has 2 N–H and O–H groups in total. The van der Waals surface area contributed by atoms with E-state index in [1.165, 1.54) is 4.88 Å². The number of guanidine groups is 1. The summed E-state index contributed by atoms with van der Waals surface area (Å²) in [6.45, 7) is 11.7. The molecule has 0 aliphatic carbocycles. The molecule has 132 valence electrons. The maximum Gasteiger partial charge on any atom is 0.191 e. The molecule has 0 radical (unpaired) electrons. The summed E-state index contributed by atoms with van der Waals surface area (Å²) < 4.78 is 5.09. The van der Waals surface area contributed by atoms with E-state index >= 15 is 0 Å². The van der Waals surface area contributed by atoms with Gasteiger partial charge in [0.25, 0.3) is 0 Å². The summed E-state index contributed by atoms with van der Waals surface area (Å²) in [6, 6.07) is 4.29. The Morgan fingerprint density at radius 2 is 2.13 bits per heavy atom. The number of nitrogens with zero attached hydrogens (tertiary/aromatic N) is 2. The van der Waals surface area contributed by atoms with E-state index in [0.717, 1.165) is 45.3 Å². The van der Waals surface area contributed by atoms with E-state index < -0.39 is 0 Å². The molecule has 6 heteroatoms. The van der Waals surface area contributed by atoms with Gasteiger partial charge in [0, 0.05) is 43.6 Å². The number of rotatable bonds is 10. The highest BCUT2D eigenvalue weighted by atomic mass is 32.1. The van der Waals surface area contributed by atoms with E-state index in [0.29, 0.717) is 0 Å². The molecule has 1 aromatic rings. The molecule has 5 nitrogen and oxygen atoms in total. The Kier molecular flexibility index (Phi) is 9.21. The fraction of sp³-hybridized carbons (Fsp3) is 0.706. The average Bonchev–Trinajstić information content (AvgIpc) is 3.06. The summed E-state index contributed by atoms with van der Waals surface area (Å²) >= 11 is 1.80. The van der Waals surface area contributed by atoms with Crippen LogP contribution in [0.25, 0.3) is 0 Å². The zero-order valence-corrected chi connectivity index (χ0v) is 16.0. The van der Waals surface area contributed by atoms with Gasteiger partial charge in [-0.05, 0) is 25.4 Å². The zero-order chi connectivity index (χ0) is 17.1. The van der Waals surface area contributed by atoms with Crippen LogP contribution < -0.4 is 10.6 Å². The second kappa shape index (κ2) is 10.6. The van der Waals surface area contributed by atoms with Crippen LogP contribution in [0, 0.1) is 0 Å². The topological polar surface area (TPSA) is 48.9 Å². The number of hydrogen-bond acceptors (Lipinski definition) is 4. The number of likely N-dealkylation sites (N-methyl/N-ethyl adjacent to an activating group) is 1. The maximum atomic E-state index is 5.09. The molecule has 0 amide bonds. The number of thiophene rings is 1. The van der Waals surface area contributed by atoms with Crippen LogP contribution in [0.1, 0.15) is 25.6 Å². The van der Waals surface area contributed by atoms with Crippen LogP contribution in [0.15, 0.2) is 22.5 Å². The second-order valence-electron chi connectivity index (χ2n) is 6.28. The minimum absolute atomic E-state index is 0.0613. The van der Waals surface area contributed by atoms with E-state index in [2.05, 4.69) is 60.9 Å². The van der Waals surface area contributed by atoms with Crippen LogP contribution in [-0.2, 0) is 10.2 Å². The molecule has 0 saturated carbocycles. The van der Waals surface area contributed by atoms with Crippen molar-refractivity contribution in [2.45, 2.75) is 26.2 Å². The lowest BCUT2D eigenvalue weighted by atomic mass is 9.92. The molecule has 0 aliphatic heterocycles. The first-order valence-electron chi connectivity index (χ1n) is 8.23. The van der Waals surface area contributed by atoms with Crippen molar-refractivity contribution in [3.8, 4) is 0 Å². The Morgan fingerprint density at radius 1 is 1.35 bits per heavy atom. The van der Waals surface area contributed by atoms with Crippen molar-refractivity contribution >= 4 is 17.3 Å². The van der Waals surface area contributed by atoms with E-state index in [1.807, 2.05) is 0 Å². The van der Waals surface area contributed by atoms with Crippen LogP contribution in [-0.4, -0.2) is 64.3 Å². The van der Waals surface area contributed by atoms with Crippen LogP contribution in [0.2, 0.25) is 0 Å². The van der Waals surface area contributed by atoms with Crippen molar-refractivity contribution < 1.29 is 4.74 Å². The highest BCUT2D eigenvalue weighted by Gasteiger charge is 2.21. The summed E-state index contributed by atoms with van der Waals surface area (Å²) in [4.78, 5) is 8.38. The molecular formula is C17H32N4OS. The van der Waals surface area contributed by atoms with Crippen molar-refractivity contribution in [3.05, 3.63) is 22.4 Å². The van der Waals surface area contributed by atoms with Gasteiger partial charge in [0.1, 0.15) is 0 Å². The predicted molar refractivity (Wildman–Crippen MR) is 101 cm³/mol. The monoisotopic (exact) mass is 340 g/mol. The lowest BCUT2D eigenvalue weighted by molar-refractivity contribution is 0.162. The molecule has 0 bridgehead atoms. The molecular weight excluding hydrogens is 308 g/mol. The van der Waals surface area contributed by atoms with Gasteiger partial charge in [-0.15, -0.1) is 11.3 Å². The number of nitrogens with one attached hydrogen (secondary N) is 2. The van der Waals surface area contributed by atoms with Gasteiger partial charge < -0.3 is 20.3 Å². The quantitative estimate of drug-likeness (QED) is 0.506. The molecule has 1 heterocycles. The van der Waals surface area contributed by atoms with Gasteiger partial charge in [0.2, 0.25) is 0 Å². The van der Waals surface area contributed by atoms with Gasteiger partial charge in [0.15, 0.2) is 5.96 Å². The first kappa shape index (κ1) is 19.9. The van der Waals surface area contributed by atoms with Crippen LogP contribution in [0.5, 0.6) is 0 Å². The third kappa shape index (κ3) is 7.81. The van der Waals surface area contributed by atoms with Gasteiger partial charge >= 0.3 is 0 Å². The summed E-state index contributed by atoms with van der Waals surface area (Å²) in [7, 11) is 3.84. The first-order chi connectivity index (χ1) is 11.0. The predicted octanol–water partition coefficient (Wildman–Crippen LogP) is 2.16. The van der Waals surface area contributed by atoms with Crippen molar-refractivity contribution in [1.82, 2.24) is 15.5 Å². The number of hydrogen-bond donors (Lipinski definition) is 2. The third-order valence-corrected chi connectivity index (χ3v) is 4.86. The molecule has 23 heavy (non-hydrogen) atoms. The summed E-state index contributed by atoms with van der Waals surface area (Å²) in [5.41, 5.74) is 0.0613. The van der Waals surface area contributed by atoms with E-state index in [4.69, 9.17) is 9.73 Å². The molecule has 0 aliphatic rings. The lowest BCUT2D eigenvalue weighted by Crippen LogP contribution is -2.42. The van der Waals surface area contributed by atoms with Crippen molar-refractivity contribution in [3.63, 3.8) is 0 Å². The SMILES string of the molecule is CCNC(=NCC(C)(C)c1cccs1)NCCN(C)CCOC. The molecule has 0 aromatic carbocycles.